The number of carboxylic acid groups (broad SMARTS) is 1. The number of hydrogen-bond donors (Lipinski definition) is 1. The van der Waals surface area contributed by atoms with Crippen LogP contribution in [-0.4, -0.2) is 20.9 Å². The quantitative estimate of drug-likeness (QED) is 0.926. The molecule has 0 aliphatic carbocycles. The number of aromatic nitrogens is 2. The fourth-order valence-electron chi connectivity index (χ4n) is 1.90. The zero-order chi connectivity index (χ0) is 13.4. The third-order valence-corrected chi connectivity index (χ3v) is 3.78. The van der Waals surface area contributed by atoms with Crippen molar-refractivity contribution in [3.05, 3.63) is 45.2 Å². The van der Waals surface area contributed by atoms with Crippen molar-refractivity contribution in [2.24, 2.45) is 0 Å². The third-order valence-electron chi connectivity index (χ3n) is 2.83. The number of carboxylic acids is 1. The Hall–Kier alpha value is -1.62. The van der Waals surface area contributed by atoms with E-state index in [1.807, 2.05) is 39.0 Å². The summed E-state index contributed by atoms with van der Waals surface area (Å²) in [5.74, 6) is -1.03. The molecule has 1 N–H and O–H groups in total. The second-order valence-electron chi connectivity index (χ2n) is 4.25. The molecule has 5 heteroatoms. The fraction of sp³-hybridized carbons (Fsp3) is 0.231. The van der Waals surface area contributed by atoms with Crippen LogP contribution in [0.4, 0.5) is 0 Å². The summed E-state index contributed by atoms with van der Waals surface area (Å²) < 4.78 is 2.18. The van der Waals surface area contributed by atoms with Crippen molar-refractivity contribution >= 4 is 21.9 Å². The highest BCUT2D eigenvalue weighted by Gasteiger charge is 2.19. The van der Waals surface area contributed by atoms with Gasteiger partial charge in [-0.05, 0) is 48.3 Å². The molecule has 0 saturated heterocycles. The number of hydrogen-bond acceptors (Lipinski definition) is 2. The molecule has 1 heterocycles. The Bertz CT molecular complexity index is 632. The molecule has 0 bridgehead atoms. The minimum Gasteiger partial charge on any atom is -0.476 e. The van der Waals surface area contributed by atoms with Crippen molar-refractivity contribution < 1.29 is 9.90 Å². The van der Waals surface area contributed by atoms with Gasteiger partial charge in [0.1, 0.15) is 0 Å². The topological polar surface area (TPSA) is 55.1 Å². The summed E-state index contributed by atoms with van der Waals surface area (Å²) in [6.45, 7) is 5.84. The lowest BCUT2D eigenvalue weighted by Gasteiger charge is -2.08. The van der Waals surface area contributed by atoms with E-state index in [0.29, 0.717) is 4.47 Å². The van der Waals surface area contributed by atoms with Gasteiger partial charge in [-0.3, -0.25) is 0 Å². The van der Waals surface area contributed by atoms with Gasteiger partial charge in [0, 0.05) is 0 Å². The number of benzene rings is 1. The smallest absolute Gasteiger partial charge is 0.357 e. The van der Waals surface area contributed by atoms with Crippen LogP contribution < -0.4 is 0 Å². The summed E-state index contributed by atoms with van der Waals surface area (Å²) in [5.41, 5.74) is 3.93. The maximum atomic E-state index is 11.1. The van der Waals surface area contributed by atoms with Gasteiger partial charge in [-0.25, -0.2) is 9.48 Å². The van der Waals surface area contributed by atoms with Gasteiger partial charge < -0.3 is 5.11 Å². The molecule has 1 aromatic heterocycles. The largest absolute Gasteiger partial charge is 0.476 e. The first-order valence-corrected chi connectivity index (χ1v) is 6.27. The van der Waals surface area contributed by atoms with Crippen molar-refractivity contribution in [2.45, 2.75) is 20.8 Å². The van der Waals surface area contributed by atoms with Crippen molar-refractivity contribution in [1.29, 1.82) is 0 Å². The lowest BCUT2D eigenvalue weighted by Crippen LogP contribution is -2.04. The molecule has 0 fully saturated rings. The maximum absolute atomic E-state index is 11.1. The standard InChI is InChI=1S/C13H13BrN2O2/c1-7-4-5-10(8(2)6-7)16-9(3)11(14)12(15-16)13(17)18/h4-6H,1-3H3,(H,17,18). The first-order valence-electron chi connectivity index (χ1n) is 5.48. The monoisotopic (exact) mass is 308 g/mol. The van der Waals surface area contributed by atoms with E-state index in [-0.39, 0.29) is 5.69 Å². The first kappa shape index (κ1) is 12.8. The molecule has 2 rings (SSSR count). The molecule has 2 aromatic rings. The zero-order valence-electron chi connectivity index (χ0n) is 10.4. The predicted molar refractivity (Wildman–Crippen MR) is 72.4 cm³/mol. The molecular weight excluding hydrogens is 296 g/mol. The number of aryl methyl sites for hydroxylation is 2. The molecule has 0 aliphatic heterocycles. The Morgan fingerprint density at radius 3 is 2.50 bits per heavy atom. The minimum absolute atomic E-state index is 0.0347. The highest BCUT2D eigenvalue weighted by atomic mass is 79.9. The van der Waals surface area contributed by atoms with Gasteiger partial charge in [-0.1, -0.05) is 17.7 Å². The van der Waals surface area contributed by atoms with Gasteiger partial charge in [0.05, 0.1) is 15.9 Å². The van der Waals surface area contributed by atoms with Gasteiger partial charge >= 0.3 is 5.97 Å². The Morgan fingerprint density at radius 2 is 2.00 bits per heavy atom. The first-order chi connectivity index (χ1) is 8.41. The normalized spacial score (nSPS) is 10.7. The lowest BCUT2D eigenvalue weighted by atomic mass is 10.1. The van der Waals surface area contributed by atoms with Crippen molar-refractivity contribution in [1.82, 2.24) is 9.78 Å². The summed E-state index contributed by atoms with van der Waals surface area (Å²) in [7, 11) is 0. The van der Waals surface area contributed by atoms with E-state index < -0.39 is 5.97 Å². The Morgan fingerprint density at radius 1 is 1.33 bits per heavy atom. The summed E-state index contributed by atoms with van der Waals surface area (Å²) in [6.07, 6.45) is 0. The van der Waals surface area contributed by atoms with Crippen LogP contribution in [0.5, 0.6) is 0 Å². The van der Waals surface area contributed by atoms with Gasteiger partial charge in [0.2, 0.25) is 0 Å². The van der Waals surface area contributed by atoms with Crippen LogP contribution in [0, 0.1) is 20.8 Å². The minimum atomic E-state index is -1.03. The average Bonchev–Trinajstić information content (AvgIpc) is 2.57. The number of nitrogens with zero attached hydrogens (tertiary/aromatic N) is 2. The SMILES string of the molecule is Cc1ccc(-n2nc(C(=O)O)c(Br)c2C)c(C)c1. The van der Waals surface area contributed by atoms with E-state index in [0.717, 1.165) is 16.9 Å². The second-order valence-corrected chi connectivity index (χ2v) is 5.05. The van der Waals surface area contributed by atoms with Gasteiger partial charge in [-0.15, -0.1) is 0 Å². The van der Waals surface area contributed by atoms with E-state index in [1.165, 1.54) is 5.56 Å². The molecule has 4 nitrogen and oxygen atoms in total. The summed E-state index contributed by atoms with van der Waals surface area (Å²) in [5, 5.41) is 13.2. The summed E-state index contributed by atoms with van der Waals surface area (Å²) in [4.78, 5) is 11.1. The van der Waals surface area contributed by atoms with Crippen LogP contribution in [0.3, 0.4) is 0 Å². The van der Waals surface area contributed by atoms with Crippen LogP contribution in [0.1, 0.15) is 27.3 Å². The molecule has 94 valence electrons. The van der Waals surface area contributed by atoms with Crippen molar-refractivity contribution in [2.75, 3.05) is 0 Å². The van der Waals surface area contributed by atoms with Crippen LogP contribution in [0.25, 0.3) is 5.69 Å². The highest BCUT2D eigenvalue weighted by Crippen LogP contribution is 2.25. The van der Waals surface area contributed by atoms with Crippen LogP contribution in [0.2, 0.25) is 0 Å². The molecule has 0 spiro atoms. The average molecular weight is 309 g/mol. The van der Waals surface area contributed by atoms with Crippen LogP contribution in [0.15, 0.2) is 22.7 Å². The molecule has 0 aliphatic rings. The third kappa shape index (κ3) is 2.06. The van der Waals surface area contributed by atoms with E-state index in [4.69, 9.17) is 5.11 Å². The number of carbonyl (C=O) groups is 1. The van der Waals surface area contributed by atoms with Crippen LogP contribution >= 0.6 is 15.9 Å². The summed E-state index contributed by atoms with van der Waals surface area (Å²) >= 11 is 3.27. The van der Waals surface area contributed by atoms with Gasteiger partial charge in [-0.2, -0.15) is 5.10 Å². The van der Waals surface area contributed by atoms with E-state index in [2.05, 4.69) is 21.0 Å². The predicted octanol–water partition coefficient (Wildman–Crippen LogP) is 3.26. The Kier molecular flexibility index (Phi) is 3.26. The number of rotatable bonds is 2. The summed E-state index contributed by atoms with van der Waals surface area (Å²) in [6, 6.07) is 5.98. The molecule has 1 aromatic carbocycles. The molecule has 18 heavy (non-hydrogen) atoms. The molecule has 0 unspecified atom stereocenters. The zero-order valence-corrected chi connectivity index (χ0v) is 11.9. The molecule has 0 radical (unpaired) electrons. The van der Waals surface area contributed by atoms with Crippen molar-refractivity contribution in [3.63, 3.8) is 0 Å². The van der Waals surface area contributed by atoms with E-state index >= 15 is 0 Å². The Balaban J connectivity index is 2.64. The number of halogens is 1. The van der Waals surface area contributed by atoms with Gasteiger partial charge in [0.15, 0.2) is 5.69 Å². The van der Waals surface area contributed by atoms with Crippen LogP contribution in [-0.2, 0) is 0 Å². The second kappa shape index (κ2) is 4.57. The van der Waals surface area contributed by atoms with E-state index in [1.54, 1.807) is 4.68 Å². The maximum Gasteiger partial charge on any atom is 0.357 e. The van der Waals surface area contributed by atoms with Gasteiger partial charge in [0.25, 0.3) is 0 Å². The number of aromatic carboxylic acids is 1. The molecule has 0 atom stereocenters. The van der Waals surface area contributed by atoms with E-state index in [9.17, 15) is 4.79 Å². The molecular formula is C13H13BrN2O2. The fourth-order valence-corrected chi connectivity index (χ4v) is 2.31. The molecule has 0 saturated carbocycles. The Labute approximate surface area is 113 Å². The highest BCUT2D eigenvalue weighted by molar-refractivity contribution is 9.10. The lowest BCUT2D eigenvalue weighted by molar-refractivity contribution is 0.0689. The molecule has 0 amide bonds. The van der Waals surface area contributed by atoms with Crippen molar-refractivity contribution in [3.8, 4) is 5.69 Å².